The van der Waals surface area contributed by atoms with Crippen molar-refractivity contribution >= 4 is 11.5 Å². The molecule has 0 aromatic heterocycles. The molecule has 0 unspecified atom stereocenters. The summed E-state index contributed by atoms with van der Waals surface area (Å²) in [6.45, 7) is 12.4. The highest BCUT2D eigenvalue weighted by Crippen LogP contribution is 2.32. The number of halogens is 3. The van der Waals surface area contributed by atoms with Crippen LogP contribution < -0.4 is 5.32 Å². The zero-order chi connectivity index (χ0) is 18.1. The highest BCUT2D eigenvalue weighted by molar-refractivity contribution is 5.94. The van der Waals surface area contributed by atoms with Gasteiger partial charge in [0.05, 0.1) is 0 Å². The number of alkyl halides is 3. The number of carbonyl (C=O) groups excluding carboxylic acids is 1. The predicted molar refractivity (Wildman–Crippen MR) is 87.7 cm³/mol. The average molecular weight is 327 g/mol. The zero-order valence-electron chi connectivity index (χ0n) is 14.4. The Kier molecular flexibility index (Phi) is 5.34. The molecule has 0 spiro atoms. The summed E-state index contributed by atoms with van der Waals surface area (Å²) in [5.41, 5.74) is 2.62. The summed E-state index contributed by atoms with van der Waals surface area (Å²) in [5.74, 6) is -1.88. The van der Waals surface area contributed by atoms with E-state index in [4.69, 9.17) is 0 Å². The van der Waals surface area contributed by atoms with Gasteiger partial charge in [-0.2, -0.15) is 13.2 Å². The molecule has 0 fully saturated rings. The first kappa shape index (κ1) is 19.3. The Morgan fingerprint density at radius 1 is 0.913 bits per heavy atom. The molecular weight excluding hydrogens is 303 g/mol. The molecule has 0 saturated heterocycles. The monoisotopic (exact) mass is 327 g/mol. The summed E-state index contributed by atoms with van der Waals surface area (Å²) in [4.78, 5) is 10.9. The van der Waals surface area contributed by atoms with Gasteiger partial charge in [0, 0.05) is 18.0 Å². The number of benzene rings is 1. The molecule has 0 atom stereocenters. The topological polar surface area (TPSA) is 29.1 Å². The summed E-state index contributed by atoms with van der Waals surface area (Å²) >= 11 is 0. The number of allylic oxidation sites excluding steroid dienone is 1. The van der Waals surface area contributed by atoms with E-state index < -0.39 is 12.0 Å². The van der Waals surface area contributed by atoms with Gasteiger partial charge in [-0.1, -0.05) is 47.6 Å². The number of hydrogen-bond acceptors (Lipinski definition) is 2. The van der Waals surface area contributed by atoms with Crippen LogP contribution in [0.5, 0.6) is 0 Å². The SMILES string of the molecule is CC(C)(C)c1cc(NC=CC(=O)C(F)(F)F)cc(C(C)(C)C)c1. The molecule has 0 aliphatic heterocycles. The Morgan fingerprint density at radius 3 is 1.70 bits per heavy atom. The molecule has 5 heteroatoms. The van der Waals surface area contributed by atoms with E-state index >= 15 is 0 Å². The van der Waals surface area contributed by atoms with E-state index in [1.807, 2.05) is 12.1 Å². The maximum absolute atomic E-state index is 12.2. The van der Waals surface area contributed by atoms with Crippen molar-refractivity contribution < 1.29 is 18.0 Å². The van der Waals surface area contributed by atoms with Gasteiger partial charge in [-0.15, -0.1) is 0 Å². The van der Waals surface area contributed by atoms with Gasteiger partial charge >= 0.3 is 6.18 Å². The normalized spacial score (nSPS) is 13.4. The second-order valence-electron chi connectivity index (χ2n) is 7.64. The van der Waals surface area contributed by atoms with Gasteiger partial charge in [-0.3, -0.25) is 4.79 Å². The number of carbonyl (C=O) groups is 1. The molecule has 1 aromatic carbocycles. The lowest BCUT2D eigenvalue weighted by atomic mass is 9.80. The van der Waals surface area contributed by atoms with Crippen molar-refractivity contribution in [3.63, 3.8) is 0 Å². The summed E-state index contributed by atoms with van der Waals surface area (Å²) < 4.78 is 36.6. The third kappa shape index (κ3) is 5.73. The van der Waals surface area contributed by atoms with Gasteiger partial charge in [0.2, 0.25) is 0 Å². The third-order valence-electron chi connectivity index (χ3n) is 3.43. The molecule has 2 nitrogen and oxygen atoms in total. The van der Waals surface area contributed by atoms with E-state index in [1.54, 1.807) is 0 Å². The van der Waals surface area contributed by atoms with E-state index in [2.05, 4.69) is 52.9 Å². The second kappa shape index (κ2) is 6.38. The minimum Gasteiger partial charge on any atom is -0.362 e. The summed E-state index contributed by atoms with van der Waals surface area (Å²) in [6, 6.07) is 5.88. The largest absolute Gasteiger partial charge is 0.454 e. The standard InChI is InChI=1S/C18H24F3NO/c1-16(2,3)12-9-13(17(4,5)6)11-14(10-12)22-8-7-15(23)18(19,20)21/h7-11,22H,1-6H3. The zero-order valence-corrected chi connectivity index (χ0v) is 14.4. The fourth-order valence-corrected chi connectivity index (χ4v) is 1.89. The first-order chi connectivity index (χ1) is 10.2. The lowest BCUT2D eigenvalue weighted by Crippen LogP contribution is -2.20. The number of hydrogen-bond donors (Lipinski definition) is 1. The molecule has 1 aromatic rings. The van der Waals surface area contributed by atoms with Crippen LogP contribution in [0.3, 0.4) is 0 Å². The first-order valence-corrected chi connectivity index (χ1v) is 7.41. The fourth-order valence-electron chi connectivity index (χ4n) is 1.89. The summed E-state index contributed by atoms with van der Waals surface area (Å²) in [6.07, 6.45) is -3.31. The quantitative estimate of drug-likeness (QED) is 0.759. The van der Waals surface area contributed by atoms with Crippen LogP contribution >= 0.6 is 0 Å². The van der Waals surface area contributed by atoms with E-state index in [-0.39, 0.29) is 10.8 Å². The third-order valence-corrected chi connectivity index (χ3v) is 3.43. The Balaban J connectivity index is 3.12. The van der Waals surface area contributed by atoms with Crippen molar-refractivity contribution in [3.8, 4) is 0 Å². The van der Waals surface area contributed by atoms with Crippen LogP contribution in [0.4, 0.5) is 18.9 Å². The lowest BCUT2D eigenvalue weighted by Gasteiger charge is -2.26. The van der Waals surface area contributed by atoms with E-state index in [1.165, 1.54) is 0 Å². The maximum Gasteiger partial charge on any atom is 0.454 e. The molecule has 128 valence electrons. The van der Waals surface area contributed by atoms with E-state index in [9.17, 15) is 18.0 Å². The number of anilines is 1. The van der Waals surface area contributed by atoms with Gasteiger partial charge in [0.15, 0.2) is 0 Å². The minimum atomic E-state index is -4.85. The van der Waals surface area contributed by atoms with Gasteiger partial charge in [0.1, 0.15) is 0 Å². The van der Waals surface area contributed by atoms with Crippen molar-refractivity contribution in [2.75, 3.05) is 5.32 Å². The highest BCUT2D eigenvalue weighted by Gasteiger charge is 2.36. The lowest BCUT2D eigenvalue weighted by molar-refractivity contribution is -0.165. The summed E-state index contributed by atoms with van der Waals surface area (Å²) in [7, 11) is 0. The van der Waals surface area contributed by atoms with Crippen molar-refractivity contribution in [1.82, 2.24) is 0 Å². The molecule has 0 saturated carbocycles. The number of nitrogens with one attached hydrogen (secondary N) is 1. The van der Waals surface area contributed by atoms with Crippen LogP contribution in [0.1, 0.15) is 52.7 Å². The van der Waals surface area contributed by atoms with Crippen LogP contribution in [0, 0.1) is 0 Å². The number of ketones is 1. The van der Waals surface area contributed by atoms with E-state index in [0.29, 0.717) is 11.8 Å². The van der Waals surface area contributed by atoms with Crippen LogP contribution in [0.25, 0.3) is 0 Å². The van der Waals surface area contributed by atoms with Crippen LogP contribution in [0.15, 0.2) is 30.5 Å². The molecule has 0 heterocycles. The molecule has 0 aliphatic carbocycles. The average Bonchev–Trinajstić information content (AvgIpc) is 2.35. The highest BCUT2D eigenvalue weighted by atomic mass is 19.4. The molecule has 23 heavy (non-hydrogen) atoms. The first-order valence-electron chi connectivity index (χ1n) is 7.41. The van der Waals surface area contributed by atoms with Gasteiger partial charge < -0.3 is 5.32 Å². The van der Waals surface area contributed by atoms with Crippen LogP contribution in [-0.4, -0.2) is 12.0 Å². The van der Waals surface area contributed by atoms with Crippen molar-refractivity contribution in [2.24, 2.45) is 0 Å². The molecule has 0 amide bonds. The molecule has 0 aliphatic rings. The summed E-state index contributed by atoms with van der Waals surface area (Å²) in [5, 5.41) is 2.77. The second-order valence-corrected chi connectivity index (χ2v) is 7.64. The van der Waals surface area contributed by atoms with Gasteiger partial charge in [-0.25, -0.2) is 0 Å². The molecule has 1 N–H and O–H groups in total. The van der Waals surface area contributed by atoms with E-state index in [0.717, 1.165) is 17.3 Å². The number of rotatable bonds is 3. The predicted octanol–water partition coefficient (Wildman–Crippen LogP) is 5.34. The smallest absolute Gasteiger partial charge is 0.362 e. The van der Waals surface area contributed by atoms with Crippen molar-refractivity contribution in [1.29, 1.82) is 0 Å². The van der Waals surface area contributed by atoms with Crippen LogP contribution in [0.2, 0.25) is 0 Å². The Hall–Kier alpha value is -1.78. The minimum absolute atomic E-state index is 0.0941. The van der Waals surface area contributed by atoms with Crippen molar-refractivity contribution in [2.45, 2.75) is 58.5 Å². The fraction of sp³-hybridized carbons (Fsp3) is 0.500. The van der Waals surface area contributed by atoms with Crippen LogP contribution in [-0.2, 0) is 15.6 Å². The molecule has 0 radical (unpaired) electrons. The van der Waals surface area contributed by atoms with Gasteiger partial charge in [0.25, 0.3) is 5.78 Å². The molecule has 1 rings (SSSR count). The Bertz CT molecular complexity index is 570. The Labute approximate surface area is 135 Å². The maximum atomic E-state index is 12.2. The van der Waals surface area contributed by atoms with Gasteiger partial charge in [-0.05, 0) is 34.1 Å². The van der Waals surface area contributed by atoms with Crippen molar-refractivity contribution in [3.05, 3.63) is 41.6 Å². The molecule has 0 bridgehead atoms. The Morgan fingerprint density at radius 2 is 1.35 bits per heavy atom. The molecular formula is C18H24F3NO.